The zero-order chi connectivity index (χ0) is 13.8. The molecule has 0 aliphatic rings. The molecule has 0 aliphatic heterocycles. The van der Waals surface area contributed by atoms with Crippen LogP contribution in [-0.4, -0.2) is 10.9 Å². The molecule has 96 valence electrons. The number of benzene rings is 1. The standard InChI is InChI=1S/C15H14N2O2/c1-10(2)14-11(13-8-3-4-9-16-13)6-5-7-12(14)15(18)17-19/h3-10H,1-2H3. The molecule has 1 aromatic carbocycles. The Bertz CT molecular complexity index is 607. The van der Waals surface area contributed by atoms with Crippen LogP contribution in [0.1, 0.15) is 35.7 Å². The fourth-order valence-electron chi connectivity index (χ4n) is 2.17. The van der Waals surface area contributed by atoms with Crippen LogP contribution in [0, 0.1) is 4.91 Å². The van der Waals surface area contributed by atoms with Gasteiger partial charge in [-0.3, -0.25) is 9.78 Å². The second kappa shape index (κ2) is 5.52. The minimum absolute atomic E-state index is 0.0962. The van der Waals surface area contributed by atoms with Gasteiger partial charge in [0.1, 0.15) is 0 Å². The minimum atomic E-state index is -0.735. The maximum atomic E-state index is 11.6. The number of nitrogens with zero attached hydrogens (tertiary/aromatic N) is 2. The van der Waals surface area contributed by atoms with E-state index in [4.69, 9.17) is 0 Å². The third-order valence-corrected chi connectivity index (χ3v) is 2.94. The van der Waals surface area contributed by atoms with Gasteiger partial charge in [-0.05, 0) is 29.7 Å². The molecule has 0 aliphatic carbocycles. The van der Waals surface area contributed by atoms with Crippen LogP contribution in [-0.2, 0) is 0 Å². The van der Waals surface area contributed by atoms with E-state index < -0.39 is 5.91 Å². The van der Waals surface area contributed by atoms with Gasteiger partial charge in [0, 0.05) is 22.5 Å². The largest absolute Gasteiger partial charge is 0.317 e. The summed E-state index contributed by atoms with van der Waals surface area (Å²) in [7, 11) is 0. The fraction of sp³-hybridized carbons (Fsp3) is 0.200. The highest BCUT2D eigenvalue weighted by Crippen LogP contribution is 2.31. The van der Waals surface area contributed by atoms with Crippen molar-refractivity contribution in [1.82, 2.24) is 4.98 Å². The number of carbonyl (C=O) groups excluding carboxylic acids is 1. The molecule has 2 aromatic rings. The molecule has 0 N–H and O–H groups in total. The first-order valence-corrected chi connectivity index (χ1v) is 6.07. The summed E-state index contributed by atoms with van der Waals surface area (Å²) in [6, 6.07) is 10.9. The van der Waals surface area contributed by atoms with Gasteiger partial charge in [0.25, 0.3) is 0 Å². The van der Waals surface area contributed by atoms with Crippen molar-refractivity contribution in [2.75, 3.05) is 0 Å². The number of pyridine rings is 1. The molecule has 4 heteroatoms. The molecule has 0 radical (unpaired) electrons. The summed E-state index contributed by atoms with van der Waals surface area (Å²) in [4.78, 5) is 26.4. The third kappa shape index (κ3) is 2.57. The summed E-state index contributed by atoms with van der Waals surface area (Å²) in [5.74, 6) is -0.639. The first-order valence-electron chi connectivity index (χ1n) is 6.07. The topological polar surface area (TPSA) is 59.4 Å². The lowest BCUT2D eigenvalue weighted by atomic mass is 9.90. The molecular formula is C15H14N2O2. The maximum absolute atomic E-state index is 11.6. The van der Waals surface area contributed by atoms with Gasteiger partial charge in [-0.1, -0.05) is 32.0 Å². The highest BCUT2D eigenvalue weighted by atomic mass is 16.3. The summed E-state index contributed by atoms with van der Waals surface area (Å²) in [6.45, 7) is 3.95. The number of hydrogen-bond acceptors (Lipinski definition) is 3. The van der Waals surface area contributed by atoms with Crippen LogP contribution in [0.3, 0.4) is 0 Å². The Kier molecular flexibility index (Phi) is 3.80. The summed E-state index contributed by atoms with van der Waals surface area (Å²) in [5.41, 5.74) is 2.82. The fourth-order valence-corrected chi connectivity index (χ4v) is 2.17. The Morgan fingerprint density at radius 2 is 1.95 bits per heavy atom. The van der Waals surface area contributed by atoms with Crippen LogP contribution in [0.25, 0.3) is 11.3 Å². The molecule has 0 atom stereocenters. The maximum Gasteiger partial charge on any atom is 0.317 e. The van der Waals surface area contributed by atoms with Crippen molar-refractivity contribution in [2.45, 2.75) is 19.8 Å². The van der Waals surface area contributed by atoms with Gasteiger partial charge in [-0.2, -0.15) is 0 Å². The van der Waals surface area contributed by atoms with E-state index in [0.717, 1.165) is 16.8 Å². The van der Waals surface area contributed by atoms with E-state index in [1.54, 1.807) is 18.3 Å². The number of nitroso groups, excluding NO2 is 1. The number of rotatable bonds is 3. The molecule has 1 heterocycles. The van der Waals surface area contributed by atoms with Crippen molar-refractivity contribution in [3.63, 3.8) is 0 Å². The Hall–Kier alpha value is -2.36. The molecule has 2 rings (SSSR count). The summed E-state index contributed by atoms with van der Waals surface area (Å²) in [6.07, 6.45) is 1.70. The molecule has 19 heavy (non-hydrogen) atoms. The number of hydrogen-bond donors (Lipinski definition) is 0. The van der Waals surface area contributed by atoms with Crippen molar-refractivity contribution in [3.05, 3.63) is 58.6 Å². The van der Waals surface area contributed by atoms with Gasteiger partial charge in [0.15, 0.2) is 0 Å². The molecular weight excluding hydrogens is 240 g/mol. The molecule has 0 spiro atoms. The lowest BCUT2D eigenvalue weighted by molar-refractivity contribution is 0.0999. The molecule has 4 nitrogen and oxygen atoms in total. The zero-order valence-corrected chi connectivity index (χ0v) is 10.8. The van der Waals surface area contributed by atoms with E-state index in [2.05, 4.69) is 10.2 Å². The first kappa shape index (κ1) is 13.1. The van der Waals surface area contributed by atoms with Crippen molar-refractivity contribution < 1.29 is 4.79 Å². The van der Waals surface area contributed by atoms with Crippen LogP contribution < -0.4 is 0 Å². The van der Waals surface area contributed by atoms with Gasteiger partial charge < -0.3 is 0 Å². The summed E-state index contributed by atoms with van der Waals surface area (Å²) < 4.78 is 0. The van der Waals surface area contributed by atoms with E-state index in [-0.39, 0.29) is 5.92 Å². The second-order valence-electron chi connectivity index (χ2n) is 4.53. The molecule has 0 bridgehead atoms. The van der Waals surface area contributed by atoms with Crippen LogP contribution in [0.15, 0.2) is 47.8 Å². The Balaban J connectivity index is 2.68. The predicted molar refractivity (Wildman–Crippen MR) is 73.9 cm³/mol. The highest BCUT2D eigenvalue weighted by Gasteiger charge is 2.19. The van der Waals surface area contributed by atoms with Crippen molar-refractivity contribution in [3.8, 4) is 11.3 Å². The summed E-state index contributed by atoms with van der Waals surface area (Å²) in [5, 5.41) is 2.53. The van der Waals surface area contributed by atoms with E-state index in [1.807, 2.05) is 38.1 Å². The van der Waals surface area contributed by atoms with E-state index in [9.17, 15) is 9.70 Å². The van der Waals surface area contributed by atoms with Crippen molar-refractivity contribution in [2.24, 2.45) is 5.18 Å². The number of amides is 1. The molecule has 1 aromatic heterocycles. The lowest BCUT2D eigenvalue weighted by Gasteiger charge is -2.15. The predicted octanol–water partition coefficient (Wildman–Crippen LogP) is 3.78. The SMILES string of the molecule is CC(C)c1c(C(=O)N=O)cccc1-c1ccccn1. The lowest BCUT2D eigenvalue weighted by Crippen LogP contribution is -2.04. The molecule has 0 saturated carbocycles. The van der Waals surface area contributed by atoms with Crippen molar-refractivity contribution >= 4 is 5.91 Å². The van der Waals surface area contributed by atoms with Gasteiger partial charge >= 0.3 is 5.91 Å². The van der Waals surface area contributed by atoms with E-state index in [1.165, 1.54) is 0 Å². The van der Waals surface area contributed by atoms with Crippen LogP contribution in [0.5, 0.6) is 0 Å². The Morgan fingerprint density at radius 1 is 1.16 bits per heavy atom. The highest BCUT2D eigenvalue weighted by molar-refractivity contribution is 5.98. The smallest absolute Gasteiger partial charge is 0.263 e. The van der Waals surface area contributed by atoms with Gasteiger partial charge in [-0.15, -0.1) is 4.91 Å². The van der Waals surface area contributed by atoms with Gasteiger partial charge in [0.05, 0.1) is 5.69 Å². The Labute approximate surface area is 111 Å². The van der Waals surface area contributed by atoms with E-state index >= 15 is 0 Å². The second-order valence-corrected chi connectivity index (χ2v) is 4.53. The van der Waals surface area contributed by atoms with Gasteiger partial charge in [-0.25, -0.2) is 0 Å². The van der Waals surface area contributed by atoms with Crippen molar-refractivity contribution in [1.29, 1.82) is 0 Å². The first-order chi connectivity index (χ1) is 9.15. The normalized spacial score (nSPS) is 10.5. The number of aromatic nitrogens is 1. The van der Waals surface area contributed by atoms with Gasteiger partial charge in [0.2, 0.25) is 0 Å². The minimum Gasteiger partial charge on any atom is -0.263 e. The molecule has 1 amide bonds. The Morgan fingerprint density at radius 3 is 2.53 bits per heavy atom. The third-order valence-electron chi connectivity index (χ3n) is 2.94. The molecule has 0 unspecified atom stereocenters. The average molecular weight is 254 g/mol. The summed E-state index contributed by atoms with van der Waals surface area (Å²) >= 11 is 0. The van der Waals surface area contributed by atoms with Crippen LogP contribution in [0.2, 0.25) is 0 Å². The van der Waals surface area contributed by atoms with Crippen LogP contribution in [0.4, 0.5) is 0 Å². The zero-order valence-electron chi connectivity index (χ0n) is 10.8. The molecule has 0 saturated heterocycles. The quantitative estimate of drug-likeness (QED) is 0.783. The average Bonchev–Trinajstić information content (AvgIpc) is 2.46. The number of carbonyl (C=O) groups is 1. The monoisotopic (exact) mass is 254 g/mol. The van der Waals surface area contributed by atoms with Crippen LogP contribution >= 0.6 is 0 Å². The van der Waals surface area contributed by atoms with E-state index in [0.29, 0.717) is 5.56 Å². The molecule has 0 fully saturated rings.